The van der Waals surface area contributed by atoms with Gasteiger partial charge >= 0.3 is 0 Å². The van der Waals surface area contributed by atoms with Crippen LogP contribution in [0, 0.1) is 0 Å². The molecule has 0 saturated heterocycles. The molecule has 4 aromatic carbocycles. The molecule has 6 aromatic rings. The maximum Gasteiger partial charge on any atom is 0.263 e. The van der Waals surface area contributed by atoms with E-state index in [-0.39, 0.29) is 33.7 Å². The Bertz CT molecular complexity index is 2130. The van der Waals surface area contributed by atoms with Gasteiger partial charge in [-0.15, -0.1) is 0 Å². The molecule has 0 fully saturated rings. The summed E-state index contributed by atoms with van der Waals surface area (Å²) in [6.07, 6.45) is 0. The predicted octanol–water partition coefficient (Wildman–Crippen LogP) is 7.72. The van der Waals surface area contributed by atoms with Crippen molar-refractivity contribution in [2.75, 3.05) is 0 Å². The minimum Gasteiger partial charge on any atom is -0.506 e. The summed E-state index contributed by atoms with van der Waals surface area (Å²) >= 11 is 0. The summed E-state index contributed by atoms with van der Waals surface area (Å²) in [4.78, 5) is 35.9. The van der Waals surface area contributed by atoms with Crippen molar-refractivity contribution >= 4 is 44.6 Å². The molecule has 0 amide bonds. The molecule has 0 unspecified atom stereocenters. The van der Waals surface area contributed by atoms with E-state index in [2.05, 4.69) is 9.98 Å². The van der Waals surface area contributed by atoms with E-state index >= 15 is 0 Å². The van der Waals surface area contributed by atoms with Gasteiger partial charge in [-0.2, -0.15) is 0 Å². The van der Waals surface area contributed by atoms with Crippen molar-refractivity contribution < 1.29 is 10.2 Å². The highest BCUT2D eigenvalue weighted by atomic mass is 16.3. The van der Waals surface area contributed by atoms with Gasteiger partial charge in [0.05, 0.1) is 33.8 Å². The van der Waals surface area contributed by atoms with Gasteiger partial charge < -0.3 is 19.3 Å². The van der Waals surface area contributed by atoms with Crippen molar-refractivity contribution in [2.24, 2.45) is 9.98 Å². The van der Waals surface area contributed by atoms with E-state index in [1.807, 2.05) is 98.8 Å². The lowest BCUT2D eigenvalue weighted by atomic mass is 10.0. The normalized spacial score (nSPS) is 12.3. The quantitative estimate of drug-likeness (QED) is 0.180. The van der Waals surface area contributed by atoms with Crippen molar-refractivity contribution in [1.29, 1.82) is 0 Å². The van der Waals surface area contributed by atoms with E-state index in [1.54, 1.807) is 35.1 Å². The Kier molecular flexibility index (Phi) is 8.11. The van der Waals surface area contributed by atoms with Crippen LogP contribution < -0.4 is 11.1 Å². The number of hydrogen-bond donors (Lipinski definition) is 2. The number of nitrogens with zero attached hydrogens (tertiary/aromatic N) is 4. The smallest absolute Gasteiger partial charge is 0.263 e. The molecule has 0 aliphatic heterocycles. The van der Waals surface area contributed by atoms with E-state index in [0.29, 0.717) is 57.7 Å². The number of aromatic nitrogens is 2. The zero-order chi connectivity index (χ0) is 32.5. The van der Waals surface area contributed by atoms with Crippen molar-refractivity contribution in [3.63, 3.8) is 0 Å². The molecule has 8 nitrogen and oxygen atoms in total. The molecule has 6 rings (SSSR count). The Balaban J connectivity index is 1.27. The number of benzene rings is 4. The molecule has 0 saturated carbocycles. The number of aromatic hydroxyl groups is 2. The summed E-state index contributed by atoms with van der Waals surface area (Å²) < 4.78 is 3.29. The Morgan fingerprint density at radius 3 is 1.26 bits per heavy atom. The molecule has 0 aliphatic carbocycles. The summed E-state index contributed by atoms with van der Waals surface area (Å²) in [5.41, 5.74) is 5.31. The van der Waals surface area contributed by atoms with Crippen molar-refractivity contribution in [3.05, 3.63) is 129 Å². The predicted molar refractivity (Wildman–Crippen MR) is 187 cm³/mol. The Morgan fingerprint density at radius 2 is 0.913 bits per heavy atom. The molecule has 230 valence electrons. The molecular weight excluding hydrogens is 576 g/mol. The van der Waals surface area contributed by atoms with Crippen LogP contribution in [0.5, 0.6) is 11.5 Å². The fourth-order valence-corrected chi connectivity index (χ4v) is 6.02. The third kappa shape index (κ3) is 5.28. The first-order chi connectivity index (χ1) is 22.2. The van der Waals surface area contributed by atoms with Crippen LogP contribution in [0.4, 0.5) is 11.4 Å². The van der Waals surface area contributed by atoms with Gasteiger partial charge in [0, 0.05) is 23.9 Å². The minimum absolute atomic E-state index is 0.0620. The second kappa shape index (κ2) is 12.3. The van der Waals surface area contributed by atoms with Gasteiger partial charge in [-0.3, -0.25) is 19.6 Å². The lowest BCUT2D eigenvalue weighted by Gasteiger charge is -2.13. The average molecular weight is 611 g/mol. The number of aliphatic imine (C=N–C) groups is 2. The molecule has 0 radical (unpaired) electrons. The Labute approximate surface area is 265 Å². The number of hydrogen-bond acceptors (Lipinski definition) is 6. The monoisotopic (exact) mass is 610 g/mol. The van der Waals surface area contributed by atoms with E-state index in [1.165, 1.54) is 0 Å². The van der Waals surface area contributed by atoms with Gasteiger partial charge in [0.2, 0.25) is 0 Å². The molecule has 2 heterocycles. The van der Waals surface area contributed by atoms with Crippen LogP contribution in [0.2, 0.25) is 0 Å². The van der Waals surface area contributed by atoms with Crippen molar-refractivity contribution in [2.45, 2.75) is 40.8 Å². The van der Waals surface area contributed by atoms with Crippen LogP contribution in [0.3, 0.4) is 0 Å². The SMILES string of the molecule is CCn1c(=O)c(C(C)=Nc2ccc(-c3ccc(N=C(C)c4c(O)c5ccccc5n(CC)c4=O)cc3)cc2)c(O)c2ccccc21. The molecule has 0 atom stereocenters. The molecule has 0 bridgehead atoms. The number of para-hydroxylation sites is 2. The maximum absolute atomic E-state index is 13.3. The minimum atomic E-state index is -0.276. The van der Waals surface area contributed by atoms with Crippen molar-refractivity contribution in [3.8, 4) is 22.6 Å². The van der Waals surface area contributed by atoms with E-state index in [4.69, 9.17) is 0 Å². The summed E-state index contributed by atoms with van der Waals surface area (Å²) in [6, 6.07) is 29.9. The Hall–Kier alpha value is -5.76. The molecule has 2 aromatic heterocycles. The summed E-state index contributed by atoms with van der Waals surface area (Å²) in [6.45, 7) is 8.22. The molecule has 0 aliphatic rings. The molecule has 2 N–H and O–H groups in total. The fraction of sp³-hybridized carbons (Fsp3) is 0.158. The zero-order valence-corrected chi connectivity index (χ0v) is 26.2. The largest absolute Gasteiger partial charge is 0.506 e. The van der Waals surface area contributed by atoms with Gasteiger partial charge in [-0.1, -0.05) is 48.5 Å². The lowest BCUT2D eigenvalue weighted by Crippen LogP contribution is -2.25. The summed E-state index contributed by atoms with van der Waals surface area (Å²) in [7, 11) is 0. The topological polar surface area (TPSA) is 109 Å². The van der Waals surface area contributed by atoms with Gasteiger partial charge in [0.25, 0.3) is 11.1 Å². The van der Waals surface area contributed by atoms with Gasteiger partial charge in [-0.25, -0.2) is 0 Å². The van der Waals surface area contributed by atoms with Crippen LogP contribution in [-0.2, 0) is 13.1 Å². The van der Waals surface area contributed by atoms with E-state index < -0.39 is 0 Å². The standard InChI is InChI=1S/C38H34N4O4/c1-5-41-31-13-9-7-11-29(31)35(43)33(37(41)45)23(3)39-27-19-15-25(16-20-27)26-17-21-28(22-18-26)40-24(4)34-36(44)30-12-8-10-14-32(30)42(6-2)38(34)46/h7-22,43-44H,5-6H2,1-4H3. The lowest BCUT2D eigenvalue weighted by molar-refractivity contribution is 0.477. The first-order valence-electron chi connectivity index (χ1n) is 15.2. The zero-order valence-electron chi connectivity index (χ0n) is 26.2. The summed E-state index contributed by atoms with van der Waals surface area (Å²) in [5, 5.41) is 23.2. The van der Waals surface area contributed by atoms with Gasteiger partial charge in [0.15, 0.2) is 0 Å². The van der Waals surface area contributed by atoms with Crippen LogP contribution in [-0.4, -0.2) is 30.8 Å². The highest BCUT2D eigenvalue weighted by molar-refractivity contribution is 6.07. The number of rotatable bonds is 7. The second-order valence-corrected chi connectivity index (χ2v) is 11.1. The first kappa shape index (κ1) is 30.3. The Morgan fingerprint density at radius 1 is 0.565 bits per heavy atom. The number of fused-ring (bicyclic) bond motifs is 2. The van der Waals surface area contributed by atoms with E-state index in [0.717, 1.165) is 11.1 Å². The highest BCUT2D eigenvalue weighted by Gasteiger charge is 2.19. The van der Waals surface area contributed by atoms with Gasteiger partial charge in [-0.05, 0) is 87.4 Å². The van der Waals surface area contributed by atoms with Crippen LogP contribution >= 0.6 is 0 Å². The molecule has 8 heteroatoms. The van der Waals surface area contributed by atoms with Gasteiger partial charge in [0.1, 0.15) is 22.6 Å². The first-order valence-corrected chi connectivity index (χ1v) is 15.2. The third-order valence-corrected chi connectivity index (χ3v) is 8.31. The number of pyridine rings is 2. The average Bonchev–Trinajstić information content (AvgIpc) is 3.06. The maximum atomic E-state index is 13.3. The summed E-state index contributed by atoms with van der Waals surface area (Å²) in [5.74, 6) is -0.124. The molecule has 46 heavy (non-hydrogen) atoms. The second-order valence-electron chi connectivity index (χ2n) is 11.1. The molecular formula is C38H34N4O4. The fourth-order valence-electron chi connectivity index (χ4n) is 6.02. The van der Waals surface area contributed by atoms with Crippen LogP contribution in [0.1, 0.15) is 38.8 Å². The van der Waals surface area contributed by atoms with E-state index in [9.17, 15) is 19.8 Å². The number of aryl methyl sites for hydroxylation is 2. The third-order valence-electron chi connectivity index (χ3n) is 8.31. The van der Waals surface area contributed by atoms with Crippen LogP contribution in [0.15, 0.2) is 117 Å². The van der Waals surface area contributed by atoms with Crippen molar-refractivity contribution in [1.82, 2.24) is 9.13 Å². The van der Waals surface area contributed by atoms with Crippen LogP contribution in [0.25, 0.3) is 32.9 Å². The highest BCUT2D eigenvalue weighted by Crippen LogP contribution is 2.30. The molecule has 0 spiro atoms.